The molecule has 1 aromatic heterocycles. The van der Waals surface area contributed by atoms with Gasteiger partial charge in [-0.2, -0.15) is 0 Å². The first-order valence-corrected chi connectivity index (χ1v) is 12.1. The van der Waals surface area contributed by atoms with E-state index in [1.54, 1.807) is 19.2 Å². The highest BCUT2D eigenvalue weighted by molar-refractivity contribution is 5.70. The number of aliphatic hydroxyl groups excluding tert-OH is 1. The van der Waals surface area contributed by atoms with Crippen LogP contribution in [0.15, 0.2) is 42.6 Å². The number of hydrogen-bond donors (Lipinski definition) is 4. The highest BCUT2D eigenvalue weighted by Gasteiger charge is 2.31. The molecule has 0 bridgehead atoms. The molecule has 192 valence electrons. The Labute approximate surface area is 209 Å². The van der Waals surface area contributed by atoms with E-state index in [0.29, 0.717) is 41.9 Å². The molecule has 1 fully saturated rings. The molecule has 36 heavy (non-hydrogen) atoms. The Bertz CT molecular complexity index is 1190. The predicted octanol–water partition coefficient (Wildman–Crippen LogP) is 4.33. The van der Waals surface area contributed by atoms with Gasteiger partial charge in [0.1, 0.15) is 29.3 Å². The molecule has 1 aliphatic carbocycles. The van der Waals surface area contributed by atoms with Crippen LogP contribution in [0.3, 0.4) is 0 Å². The van der Waals surface area contributed by atoms with Crippen molar-refractivity contribution in [2.24, 2.45) is 0 Å². The summed E-state index contributed by atoms with van der Waals surface area (Å²) in [5.74, 6) is -0.767. The standard InChI is InChI=1S/C27H32F3N5O/c1-15-7-19(9-20(28)8-15)23(13-32-2)33-12-18-4-3-17(11-21(18)29)26-27(31)34-14-24(35-26)16-5-6-25(36)22(30)10-16/h3-4,7-9,11,14,16,22-23,25,32-33,36H,5-6,10,12-13H2,1-2H3,(H2,31,34). The first-order chi connectivity index (χ1) is 17.2. The lowest BCUT2D eigenvalue weighted by atomic mass is 9.84. The van der Waals surface area contributed by atoms with Crippen LogP contribution < -0.4 is 16.4 Å². The average Bonchev–Trinajstić information content (AvgIpc) is 2.84. The molecule has 9 heteroatoms. The Morgan fingerprint density at radius 2 is 1.97 bits per heavy atom. The minimum atomic E-state index is -1.31. The predicted molar refractivity (Wildman–Crippen MR) is 134 cm³/mol. The number of nitrogen functional groups attached to an aromatic ring is 1. The van der Waals surface area contributed by atoms with Crippen LogP contribution in [0.2, 0.25) is 0 Å². The van der Waals surface area contributed by atoms with Crippen molar-refractivity contribution >= 4 is 5.82 Å². The summed E-state index contributed by atoms with van der Waals surface area (Å²) in [6.45, 7) is 2.61. The number of hydrogen-bond acceptors (Lipinski definition) is 6. The van der Waals surface area contributed by atoms with E-state index in [2.05, 4.69) is 20.6 Å². The normalized spacial score (nSPS) is 20.9. The number of benzene rings is 2. The topological polar surface area (TPSA) is 96.1 Å². The number of likely N-dealkylation sites (N-methyl/N-ethyl adjacent to an activating group) is 1. The molecular weight excluding hydrogens is 467 g/mol. The second-order valence-electron chi connectivity index (χ2n) is 9.48. The number of alkyl halides is 1. The largest absolute Gasteiger partial charge is 0.390 e. The monoisotopic (exact) mass is 499 g/mol. The molecule has 5 N–H and O–H groups in total. The molecule has 1 aliphatic rings. The van der Waals surface area contributed by atoms with Crippen LogP contribution in [0.1, 0.15) is 53.6 Å². The van der Waals surface area contributed by atoms with Crippen LogP contribution in [0.5, 0.6) is 0 Å². The molecule has 4 unspecified atom stereocenters. The number of nitrogens with one attached hydrogen (secondary N) is 2. The number of aliphatic hydroxyl groups is 1. The van der Waals surface area contributed by atoms with Gasteiger partial charge in [-0.25, -0.2) is 23.1 Å². The lowest BCUT2D eigenvalue weighted by molar-refractivity contribution is 0.0363. The summed E-state index contributed by atoms with van der Waals surface area (Å²) in [5.41, 5.74) is 9.49. The molecule has 0 spiro atoms. The third kappa shape index (κ3) is 6.03. The second-order valence-corrected chi connectivity index (χ2v) is 9.48. The van der Waals surface area contributed by atoms with Gasteiger partial charge in [-0.05, 0) is 62.6 Å². The Morgan fingerprint density at radius 1 is 1.17 bits per heavy atom. The van der Waals surface area contributed by atoms with Gasteiger partial charge in [0.05, 0.1) is 18.0 Å². The van der Waals surface area contributed by atoms with Crippen LogP contribution in [-0.2, 0) is 6.54 Å². The van der Waals surface area contributed by atoms with Crippen molar-refractivity contribution in [1.29, 1.82) is 0 Å². The quantitative estimate of drug-likeness (QED) is 0.369. The summed E-state index contributed by atoms with van der Waals surface area (Å²) >= 11 is 0. The van der Waals surface area contributed by atoms with Crippen LogP contribution in [0.25, 0.3) is 11.3 Å². The summed E-state index contributed by atoms with van der Waals surface area (Å²) < 4.78 is 43.1. The number of nitrogens with two attached hydrogens (primary N) is 1. The first-order valence-electron chi connectivity index (χ1n) is 12.1. The lowest BCUT2D eigenvalue weighted by Crippen LogP contribution is -2.30. The summed E-state index contributed by atoms with van der Waals surface area (Å²) in [6, 6.07) is 9.39. The Morgan fingerprint density at radius 3 is 2.67 bits per heavy atom. The summed E-state index contributed by atoms with van der Waals surface area (Å²) in [4.78, 5) is 8.80. The van der Waals surface area contributed by atoms with E-state index in [9.17, 15) is 13.9 Å². The second kappa shape index (κ2) is 11.4. The van der Waals surface area contributed by atoms with Gasteiger partial charge in [0.25, 0.3) is 0 Å². The van der Waals surface area contributed by atoms with E-state index >= 15 is 4.39 Å². The minimum absolute atomic E-state index is 0.159. The fourth-order valence-corrected chi connectivity index (χ4v) is 4.74. The zero-order valence-corrected chi connectivity index (χ0v) is 20.4. The van der Waals surface area contributed by atoms with E-state index < -0.39 is 18.1 Å². The number of aromatic nitrogens is 2. The van der Waals surface area contributed by atoms with Crippen molar-refractivity contribution in [2.75, 3.05) is 19.3 Å². The fourth-order valence-electron chi connectivity index (χ4n) is 4.74. The van der Waals surface area contributed by atoms with Gasteiger partial charge in [-0.3, -0.25) is 0 Å². The highest BCUT2D eigenvalue weighted by Crippen LogP contribution is 2.35. The maximum atomic E-state index is 15.1. The molecule has 1 heterocycles. The fraction of sp³-hybridized carbons (Fsp3) is 0.407. The van der Waals surface area contributed by atoms with Crippen molar-refractivity contribution in [3.05, 3.63) is 76.6 Å². The molecule has 3 aromatic rings. The maximum Gasteiger partial charge on any atom is 0.150 e. The Balaban J connectivity index is 1.51. The van der Waals surface area contributed by atoms with Gasteiger partial charge in [0, 0.05) is 36.2 Å². The number of halogens is 3. The average molecular weight is 500 g/mol. The van der Waals surface area contributed by atoms with Crippen molar-refractivity contribution < 1.29 is 18.3 Å². The summed E-state index contributed by atoms with van der Waals surface area (Å²) in [6.07, 6.45) is 0.383. The SMILES string of the molecule is CNCC(NCc1ccc(-c2nc(C3CCC(O)C(F)C3)cnc2N)cc1F)c1cc(C)cc(F)c1. The molecule has 2 aromatic carbocycles. The third-order valence-electron chi connectivity index (χ3n) is 6.72. The van der Waals surface area contributed by atoms with Crippen molar-refractivity contribution in [2.45, 2.75) is 57.0 Å². The molecule has 4 atom stereocenters. The molecule has 0 radical (unpaired) electrons. The molecule has 6 nitrogen and oxygen atoms in total. The van der Waals surface area contributed by atoms with Gasteiger partial charge in [-0.15, -0.1) is 0 Å². The molecule has 0 amide bonds. The van der Waals surface area contributed by atoms with Gasteiger partial charge in [0.15, 0.2) is 0 Å². The van der Waals surface area contributed by atoms with Gasteiger partial charge in [0.2, 0.25) is 0 Å². The van der Waals surface area contributed by atoms with Crippen LogP contribution in [0.4, 0.5) is 19.0 Å². The molecule has 1 saturated carbocycles. The van der Waals surface area contributed by atoms with E-state index in [-0.39, 0.29) is 36.6 Å². The molecule has 4 rings (SSSR count). The zero-order valence-electron chi connectivity index (χ0n) is 20.4. The number of anilines is 1. The van der Waals surface area contributed by atoms with Gasteiger partial charge >= 0.3 is 0 Å². The molecule has 0 aliphatic heterocycles. The lowest BCUT2D eigenvalue weighted by Gasteiger charge is -2.28. The Kier molecular flexibility index (Phi) is 8.23. The smallest absolute Gasteiger partial charge is 0.150 e. The molecule has 0 saturated heterocycles. The third-order valence-corrected chi connectivity index (χ3v) is 6.72. The van der Waals surface area contributed by atoms with Crippen LogP contribution in [0, 0.1) is 18.6 Å². The highest BCUT2D eigenvalue weighted by atomic mass is 19.1. The number of nitrogens with zero attached hydrogens (tertiary/aromatic N) is 2. The number of rotatable bonds is 8. The van der Waals surface area contributed by atoms with E-state index in [4.69, 9.17) is 5.73 Å². The van der Waals surface area contributed by atoms with Crippen LogP contribution in [-0.4, -0.2) is 40.9 Å². The molecular formula is C27H32F3N5O. The maximum absolute atomic E-state index is 15.1. The van der Waals surface area contributed by atoms with Crippen molar-refractivity contribution in [1.82, 2.24) is 20.6 Å². The first kappa shape index (κ1) is 26.1. The minimum Gasteiger partial charge on any atom is -0.390 e. The van der Waals surface area contributed by atoms with Crippen molar-refractivity contribution in [3.63, 3.8) is 0 Å². The van der Waals surface area contributed by atoms with Crippen molar-refractivity contribution in [3.8, 4) is 11.3 Å². The van der Waals surface area contributed by atoms with E-state index in [1.807, 2.05) is 13.0 Å². The number of aryl methyl sites for hydroxylation is 1. The zero-order chi connectivity index (χ0) is 25.8. The Hall–Kier alpha value is -3.01. The van der Waals surface area contributed by atoms with E-state index in [1.165, 1.54) is 24.4 Å². The van der Waals surface area contributed by atoms with Gasteiger partial charge in [-0.1, -0.05) is 18.2 Å². The van der Waals surface area contributed by atoms with E-state index in [0.717, 1.165) is 11.1 Å². The summed E-state index contributed by atoms with van der Waals surface area (Å²) in [7, 11) is 1.80. The summed E-state index contributed by atoms with van der Waals surface area (Å²) in [5, 5.41) is 16.1. The van der Waals surface area contributed by atoms with Gasteiger partial charge < -0.3 is 21.5 Å². The van der Waals surface area contributed by atoms with Crippen LogP contribution >= 0.6 is 0 Å².